The van der Waals surface area contributed by atoms with Crippen molar-refractivity contribution in [1.82, 2.24) is 20.1 Å². The van der Waals surface area contributed by atoms with E-state index in [-0.39, 0.29) is 17.9 Å². The summed E-state index contributed by atoms with van der Waals surface area (Å²) in [6, 6.07) is 23.4. The number of nitrogens with zero attached hydrogens (tertiary/aromatic N) is 4. The number of piperazine rings is 1. The third kappa shape index (κ3) is 6.03. The second-order valence-electron chi connectivity index (χ2n) is 11.7. The number of anilines is 2. The Labute approximate surface area is 253 Å². The fourth-order valence-electron chi connectivity index (χ4n) is 6.21. The Bertz CT molecular complexity index is 1580. The molecule has 2 aliphatic rings. The highest BCUT2D eigenvalue weighted by Gasteiger charge is 2.37. The molecule has 4 aromatic rings. The molecule has 1 fully saturated rings. The number of rotatable bonds is 7. The predicted octanol–water partition coefficient (Wildman–Crippen LogP) is 4.66. The molecule has 6 rings (SSSR count). The molecule has 1 saturated heterocycles. The molecule has 9 nitrogen and oxygen atoms in total. The Kier molecular flexibility index (Phi) is 8.24. The van der Waals surface area contributed by atoms with Crippen LogP contribution < -0.4 is 19.9 Å². The third-order valence-corrected chi connectivity index (χ3v) is 8.50. The molecule has 2 atom stereocenters. The average molecular weight is 581 g/mol. The molecule has 0 aliphatic carbocycles. The smallest absolute Gasteiger partial charge is 0.318 e. The van der Waals surface area contributed by atoms with E-state index in [9.17, 15) is 9.59 Å². The summed E-state index contributed by atoms with van der Waals surface area (Å²) >= 11 is 0. The van der Waals surface area contributed by atoms with Crippen LogP contribution in [-0.4, -0.2) is 86.2 Å². The van der Waals surface area contributed by atoms with Crippen molar-refractivity contribution in [1.29, 1.82) is 0 Å². The second kappa shape index (κ2) is 12.4. The van der Waals surface area contributed by atoms with Crippen molar-refractivity contribution < 1.29 is 14.3 Å². The van der Waals surface area contributed by atoms with Crippen molar-refractivity contribution in [2.45, 2.75) is 25.4 Å². The van der Waals surface area contributed by atoms with Gasteiger partial charge in [0.15, 0.2) is 0 Å². The lowest BCUT2D eigenvalue weighted by molar-refractivity contribution is -0.121. The number of amides is 3. The molecule has 43 heavy (non-hydrogen) atoms. The first-order chi connectivity index (χ1) is 20.9. The Morgan fingerprint density at radius 2 is 1.70 bits per heavy atom. The molecule has 2 N–H and O–H groups in total. The lowest BCUT2D eigenvalue weighted by atomic mass is 9.91. The SMILES string of the molecule is C[C@H](c1c[nH]c2ccccc12)[C@@H](NC(=O)N1CCN(c2ccccc2)CC1)C(=O)N1CCOc2ccc(CN(C)C)cc21. The Hall–Kier alpha value is -4.50. The van der Waals surface area contributed by atoms with Crippen LogP contribution in [0.15, 0.2) is 79.0 Å². The number of hydrogen-bond donors (Lipinski definition) is 2. The molecule has 0 spiro atoms. The maximum Gasteiger partial charge on any atom is 0.318 e. The Morgan fingerprint density at radius 3 is 2.47 bits per heavy atom. The average Bonchev–Trinajstić information content (AvgIpc) is 3.47. The summed E-state index contributed by atoms with van der Waals surface area (Å²) in [6.07, 6.45) is 1.96. The monoisotopic (exact) mass is 580 g/mol. The van der Waals surface area contributed by atoms with Crippen LogP contribution >= 0.6 is 0 Å². The summed E-state index contributed by atoms with van der Waals surface area (Å²) in [6.45, 7) is 6.22. The first-order valence-electron chi connectivity index (χ1n) is 15.0. The van der Waals surface area contributed by atoms with Gasteiger partial charge >= 0.3 is 6.03 Å². The van der Waals surface area contributed by atoms with Crippen molar-refractivity contribution in [2.24, 2.45) is 0 Å². The van der Waals surface area contributed by atoms with Gasteiger partial charge in [-0.1, -0.05) is 49.4 Å². The summed E-state index contributed by atoms with van der Waals surface area (Å²) in [7, 11) is 4.04. The first-order valence-corrected chi connectivity index (χ1v) is 15.0. The zero-order valence-corrected chi connectivity index (χ0v) is 25.1. The minimum atomic E-state index is -0.776. The maximum absolute atomic E-state index is 14.5. The number of hydrogen-bond acceptors (Lipinski definition) is 5. The fraction of sp³-hybridized carbons (Fsp3) is 0.353. The van der Waals surface area contributed by atoms with Gasteiger partial charge in [0.05, 0.1) is 12.2 Å². The van der Waals surface area contributed by atoms with Crippen molar-refractivity contribution >= 4 is 34.2 Å². The van der Waals surface area contributed by atoms with Crippen LogP contribution in [0.4, 0.5) is 16.2 Å². The maximum atomic E-state index is 14.5. The minimum Gasteiger partial charge on any atom is -0.490 e. The summed E-state index contributed by atoms with van der Waals surface area (Å²) < 4.78 is 5.94. The Balaban J connectivity index is 1.27. The van der Waals surface area contributed by atoms with Gasteiger partial charge in [0.25, 0.3) is 0 Å². The molecule has 0 bridgehead atoms. The van der Waals surface area contributed by atoms with Gasteiger partial charge in [-0.2, -0.15) is 0 Å². The summed E-state index contributed by atoms with van der Waals surface area (Å²) in [4.78, 5) is 39.7. The number of H-pyrrole nitrogens is 1. The lowest BCUT2D eigenvalue weighted by Crippen LogP contribution is -2.58. The number of benzene rings is 3. The number of nitrogens with one attached hydrogen (secondary N) is 2. The van der Waals surface area contributed by atoms with Gasteiger partial charge in [0.2, 0.25) is 5.91 Å². The number of ether oxygens (including phenoxy) is 1. The van der Waals surface area contributed by atoms with Crippen LogP contribution in [0.1, 0.15) is 24.0 Å². The van der Waals surface area contributed by atoms with Gasteiger partial charge in [0, 0.05) is 61.4 Å². The van der Waals surface area contributed by atoms with E-state index in [0.29, 0.717) is 32.0 Å². The number of para-hydroxylation sites is 2. The van der Waals surface area contributed by atoms with Crippen molar-refractivity contribution in [3.63, 3.8) is 0 Å². The second-order valence-corrected chi connectivity index (χ2v) is 11.7. The van der Waals surface area contributed by atoms with E-state index in [1.165, 1.54) is 0 Å². The first kappa shape index (κ1) is 28.6. The van der Waals surface area contributed by atoms with Crippen LogP contribution in [0, 0.1) is 0 Å². The standard InChI is InChI=1S/C34H40N6O3/c1-24(28-22-35-29-12-8-7-11-27(28)29)32(36-34(42)39-17-15-38(16-18-39)26-9-5-4-6-10-26)33(41)40-19-20-43-31-14-13-25(21-30(31)40)23-37(2)3/h4-14,21-22,24,32,35H,15-20,23H2,1-3H3,(H,36,42)/t24-,32-/m1/s1. The van der Waals surface area contributed by atoms with Gasteiger partial charge in [-0.3, -0.25) is 4.79 Å². The van der Waals surface area contributed by atoms with E-state index in [2.05, 4.69) is 38.3 Å². The van der Waals surface area contributed by atoms with E-state index in [1.54, 1.807) is 4.90 Å². The van der Waals surface area contributed by atoms with Crippen molar-refractivity contribution in [3.05, 3.63) is 90.1 Å². The zero-order valence-electron chi connectivity index (χ0n) is 25.1. The van der Waals surface area contributed by atoms with Crippen LogP contribution in [0.25, 0.3) is 10.9 Å². The van der Waals surface area contributed by atoms with Crippen molar-refractivity contribution in [2.75, 3.05) is 63.2 Å². The molecule has 0 saturated carbocycles. The molecule has 3 heterocycles. The number of carbonyl (C=O) groups excluding carboxylic acids is 2. The van der Waals surface area contributed by atoms with Crippen LogP contribution in [-0.2, 0) is 11.3 Å². The van der Waals surface area contributed by atoms with E-state index >= 15 is 0 Å². The van der Waals surface area contributed by atoms with Crippen LogP contribution in [0.2, 0.25) is 0 Å². The molecule has 9 heteroatoms. The number of urea groups is 1. The molecule has 1 aromatic heterocycles. The van der Waals surface area contributed by atoms with Crippen LogP contribution in [0.5, 0.6) is 5.75 Å². The number of aromatic amines is 1. The van der Waals surface area contributed by atoms with Crippen molar-refractivity contribution in [3.8, 4) is 5.75 Å². The lowest BCUT2D eigenvalue weighted by Gasteiger charge is -2.38. The van der Waals surface area contributed by atoms with E-state index in [4.69, 9.17) is 4.74 Å². The summed E-state index contributed by atoms with van der Waals surface area (Å²) in [5.41, 5.74) is 5.00. The van der Waals surface area contributed by atoms with E-state index in [1.807, 2.05) is 86.7 Å². The molecule has 2 aliphatic heterocycles. The highest BCUT2D eigenvalue weighted by Crippen LogP contribution is 2.35. The van der Waals surface area contributed by atoms with Gasteiger partial charge in [0.1, 0.15) is 18.4 Å². The quantitative estimate of drug-likeness (QED) is 0.332. The molecule has 3 amide bonds. The van der Waals surface area contributed by atoms with E-state index in [0.717, 1.165) is 53.0 Å². The summed E-state index contributed by atoms with van der Waals surface area (Å²) in [5.74, 6) is 0.263. The van der Waals surface area contributed by atoms with Crippen LogP contribution in [0.3, 0.4) is 0 Å². The number of aromatic nitrogens is 1. The van der Waals surface area contributed by atoms with Gasteiger partial charge in [-0.05, 0) is 55.6 Å². The highest BCUT2D eigenvalue weighted by atomic mass is 16.5. The summed E-state index contributed by atoms with van der Waals surface area (Å²) in [5, 5.41) is 4.23. The normalized spacial score (nSPS) is 16.5. The van der Waals surface area contributed by atoms with Gasteiger partial charge in [-0.15, -0.1) is 0 Å². The molecule has 0 radical (unpaired) electrons. The topological polar surface area (TPSA) is 84.1 Å². The third-order valence-electron chi connectivity index (χ3n) is 8.50. The molecule has 0 unspecified atom stereocenters. The molecule has 3 aromatic carbocycles. The fourth-order valence-corrected chi connectivity index (χ4v) is 6.21. The van der Waals surface area contributed by atoms with Gasteiger partial charge in [-0.25, -0.2) is 4.79 Å². The van der Waals surface area contributed by atoms with E-state index < -0.39 is 6.04 Å². The number of carbonyl (C=O) groups is 2. The minimum absolute atomic E-state index is 0.138. The van der Waals surface area contributed by atoms with Gasteiger partial charge < -0.3 is 34.6 Å². The number of fused-ring (bicyclic) bond motifs is 2. The Morgan fingerprint density at radius 1 is 0.953 bits per heavy atom. The molecular formula is C34H40N6O3. The molecular weight excluding hydrogens is 540 g/mol. The molecule has 224 valence electrons. The predicted molar refractivity (Wildman–Crippen MR) is 171 cm³/mol. The highest BCUT2D eigenvalue weighted by molar-refractivity contribution is 6.01. The largest absolute Gasteiger partial charge is 0.490 e. The zero-order chi connectivity index (χ0) is 29.9.